The van der Waals surface area contributed by atoms with Crippen molar-refractivity contribution in [1.82, 2.24) is 0 Å². The van der Waals surface area contributed by atoms with Crippen LogP contribution >= 0.6 is 0 Å². The van der Waals surface area contributed by atoms with Crippen molar-refractivity contribution in [2.75, 3.05) is 0 Å². The highest BCUT2D eigenvalue weighted by Crippen LogP contribution is 2.62. The first-order valence-electron chi connectivity index (χ1n) is 14.1. The van der Waals surface area contributed by atoms with E-state index in [0.717, 1.165) is 42.4 Å². The van der Waals surface area contributed by atoms with Gasteiger partial charge in [-0.1, -0.05) is 58.6 Å². The van der Waals surface area contributed by atoms with Crippen LogP contribution in [0.5, 0.6) is 0 Å². The molecule has 3 fully saturated rings. The maximum atomic E-state index is 11.6. The lowest BCUT2D eigenvalue weighted by Crippen LogP contribution is -2.43. The summed E-state index contributed by atoms with van der Waals surface area (Å²) in [5, 5.41) is 0. The lowest BCUT2D eigenvalue weighted by molar-refractivity contribution is -0.148. The molecule has 2 heteroatoms. The molecule has 7 atom stereocenters. The second kappa shape index (κ2) is 9.83. The molecule has 4 aliphatic carbocycles. The summed E-state index contributed by atoms with van der Waals surface area (Å²) in [6, 6.07) is 0. The third-order valence-electron chi connectivity index (χ3n) is 10.7. The summed E-state index contributed by atoms with van der Waals surface area (Å²) in [6.07, 6.45) is 21.7. The Balaban J connectivity index is 1.51. The van der Waals surface area contributed by atoms with E-state index in [0.29, 0.717) is 10.8 Å². The van der Waals surface area contributed by atoms with Gasteiger partial charge in [-0.2, -0.15) is 0 Å². The summed E-state index contributed by atoms with van der Waals surface area (Å²) in [5.74, 6) is 4.30. The van der Waals surface area contributed by atoms with Gasteiger partial charge in [0, 0.05) is 13.3 Å². The number of hydrogen-bond donors (Lipinski definition) is 0. The topological polar surface area (TPSA) is 26.3 Å². The van der Waals surface area contributed by atoms with Gasteiger partial charge in [0.15, 0.2) is 0 Å². The number of hydrogen-bond acceptors (Lipinski definition) is 2. The average Bonchev–Trinajstić information content (AvgIpc) is 3.02. The molecule has 4 rings (SSSR count). The highest BCUT2D eigenvalue weighted by Gasteiger charge is 2.52. The van der Waals surface area contributed by atoms with E-state index < -0.39 is 0 Å². The molecule has 2 nitrogen and oxygen atoms in total. The number of ether oxygens (including phenoxy) is 1. The molecule has 0 spiro atoms. The quantitative estimate of drug-likeness (QED) is 0.234. The van der Waals surface area contributed by atoms with E-state index in [9.17, 15) is 4.79 Å². The van der Waals surface area contributed by atoms with Crippen LogP contribution in [0.15, 0.2) is 11.6 Å². The second-order valence-corrected chi connectivity index (χ2v) is 13.0. The predicted octanol–water partition coefficient (Wildman–Crippen LogP) is 8.49. The Labute approximate surface area is 198 Å². The van der Waals surface area contributed by atoms with Crippen LogP contribution < -0.4 is 0 Å². The Morgan fingerprint density at radius 2 is 1.88 bits per heavy atom. The lowest BCUT2D eigenvalue weighted by atomic mass is 9.54. The van der Waals surface area contributed by atoms with Gasteiger partial charge in [0.1, 0.15) is 6.10 Å². The van der Waals surface area contributed by atoms with Crippen molar-refractivity contribution in [3.8, 4) is 0 Å². The van der Waals surface area contributed by atoms with Crippen molar-refractivity contribution < 1.29 is 9.53 Å². The lowest BCUT2D eigenvalue weighted by Gasteiger charge is -2.51. The first kappa shape index (κ1) is 24.3. The molecular weight excluding hydrogens is 392 g/mol. The van der Waals surface area contributed by atoms with E-state index in [1.54, 1.807) is 12.5 Å². The number of carbonyl (C=O) groups is 1. The van der Waals surface area contributed by atoms with E-state index in [-0.39, 0.29) is 12.1 Å². The Morgan fingerprint density at radius 3 is 2.62 bits per heavy atom. The summed E-state index contributed by atoms with van der Waals surface area (Å²) in [7, 11) is 0. The standard InChI is InChI=1S/C30H50O2/c1-21(2)8-6-7-9-24-14-15-28-23-10-12-25(16-18-30(24,28)5)29(4)19-17-27(32-22(3)31)20-26(29)13-11-23/h13,21,23-25,27-28H,6-12,14-20H2,1-5H3/b26-13-/t23-,24+,25?,27+,28+,29-,30-/m1/s1. The van der Waals surface area contributed by atoms with E-state index in [4.69, 9.17) is 4.74 Å². The number of unbranched alkanes of at least 4 members (excludes halogenated alkanes) is 1. The van der Waals surface area contributed by atoms with Gasteiger partial charge in [0.25, 0.3) is 0 Å². The molecule has 3 saturated carbocycles. The van der Waals surface area contributed by atoms with Crippen molar-refractivity contribution in [3.63, 3.8) is 0 Å². The zero-order valence-electron chi connectivity index (χ0n) is 21.8. The van der Waals surface area contributed by atoms with Crippen molar-refractivity contribution in [2.24, 2.45) is 40.4 Å². The van der Waals surface area contributed by atoms with Crippen LogP contribution in [0, 0.1) is 40.4 Å². The molecule has 0 aliphatic heterocycles. The fourth-order valence-electron chi connectivity index (χ4n) is 8.70. The largest absolute Gasteiger partial charge is 0.462 e. The Hall–Kier alpha value is -0.790. The summed E-state index contributed by atoms with van der Waals surface area (Å²) < 4.78 is 5.67. The highest BCUT2D eigenvalue weighted by atomic mass is 16.5. The van der Waals surface area contributed by atoms with Crippen LogP contribution in [0.25, 0.3) is 0 Å². The van der Waals surface area contributed by atoms with Crippen molar-refractivity contribution in [3.05, 3.63) is 11.6 Å². The molecule has 0 aromatic carbocycles. The van der Waals surface area contributed by atoms with Crippen LogP contribution in [-0.2, 0) is 9.53 Å². The van der Waals surface area contributed by atoms with E-state index in [1.807, 2.05) is 0 Å². The van der Waals surface area contributed by atoms with Crippen molar-refractivity contribution in [1.29, 1.82) is 0 Å². The minimum Gasteiger partial charge on any atom is -0.462 e. The van der Waals surface area contributed by atoms with Crippen LogP contribution in [-0.4, -0.2) is 12.1 Å². The minimum atomic E-state index is -0.109. The Kier molecular flexibility index (Phi) is 7.48. The van der Waals surface area contributed by atoms with Gasteiger partial charge < -0.3 is 4.74 Å². The van der Waals surface area contributed by atoms with Crippen LogP contribution in [0.4, 0.5) is 0 Å². The normalized spacial score (nSPS) is 43.3. The average molecular weight is 443 g/mol. The van der Waals surface area contributed by atoms with Crippen LogP contribution in [0.1, 0.15) is 125 Å². The number of allylic oxidation sites excluding steroid dienone is 1. The summed E-state index contributed by atoms with van der Waals surface area (Å²) in [6.45, 7) is 11.6. The van der Waals surface area contributed by atoms with Crippen molar-refractivity contribution in [2.45, 2.75) is 131 Å². The fraction of sp³-hybridized carbons (Fsp3) is 0.900. The Morgan fingerprint density at radius 1 is 1.06 bits per heavy atom. The maximum Gasteiger partial charge on any atom is 0.302 e. The van der Waals surface area contributed by atoms with Gasteiger partial charge in [-0.3, -0.25) is 4.79 Å². The minimum absolute atomic E-state index is 0.109. The molecule has 0 aromatic heterocycles. The molecule has 2 bridgehead atoms. The smallest absolute Gasteiger partial charge is 0.302 e. The predicted molar refractivity (Wildman–Crippen MR) is 133 cm³/mol. The SMILES string of the molecule is CC(=O)O[C@H]1CC[C@@]2(C)/C(=C\C[C@H]3CCC2CC[C@]2(C)[C@@H](CCCCC(C)C)CC[C@@H]32)C1. The van der Waals surface area contributed by atoms with Gasteiger partial charge in [0.2, 0.25) is 0 Å². The van der Waals surface area contributed by atoms with Gasteiger partial charge in [-0.25, -0.2) is 0 Å². The molecule has 1 unspecified atom stereocenters. The monoisotopic (exact) mass is 442 g/mol. The molecule has 0 saturated heterocycles. The maximum absolute atomic E-state index is 11.6. The summed E-state index contributed by atoms with van der Waals surface area (Å²) in [5.41, 5.74) is 2.53. The number of carbonyl (C=O) groups excluding carboxylic acids is 1. The van der Waals surface area contributed by atoms with Gasteiger partial charge in [-0.15, -0.1) is 0 Å². The molecule has 0 aromatic rings. The highest BCUT2D eigenvalue weighted by molar-refractivity contribution is 5.66. The number of esters is 1. The van der Waals surface area contributed by atoms with Gasteiger partial charge >= 0.3 is 5.97 Å². The third kappa shape index (κ3) is 4.85. The molecular formula is C30H50O2. The zero-order valence-corrected chi connectivity index (χ0v) is 21.8. The van der Waals surface area contributed by atoms with Gasteiger partial charge in [0.05, 0.1) is 0 Å². The molecule has 4 aliphatic rings. The number of fused-ring (bicyclic) bond motifs is 7. The fourth-order valence-corrected chi connectivity index (χ4v) is 8.70. The summed E-state index contributed by atoms with van der Waals surface area (Å²) in [4.78, 5) is 11.6. The molecule has 32 heavy (non-hydrogen) atoms. The van der Waals surface area contributed by atoms with Crippen molar-refractivity contribution >= 4 is 5.97 Å². The molecule has 0 amide bonds. The number of rotatable bonds is 6. The van der Waals surface area contributed by atoms with Gasteiger partial charge in [-0.05, 0) is 105 Å². The van der Waals surface area contributed by atoms with Crippen LogP contribution in [0.3, 0.4) is 0 Å². The van der Waals surface area contributed by atoms with Crippen LogP contribution in [0.2, 0.25) is 0 Å². The Bertz CT molecular complexity index is 693. The molecule has 182 valence electrons. The first-order valence-corrected chi connectivity index (χ1v) is 14.1. The van der Waals surface area contributed by atoms with E-state index in [1.165, 1.54) is 77.0 Å². The zero-order chi connectivity index (χ0) is 22.9. The van der Waals surface area contributed by atoms with E-state index in [2.05, 4.69) is 33.8 Å². The third-order valence-corrected chi connectivity index (χ3v) is 10.7. The molecule has 0 heterocycles. The molecule has 0 radical (unpaired) electrons. The molecule has 0 N–H and O–H groups in total. The second-order valence-electron chi connectivity index (χ2n) is 13.0. The van der Waals surface area contributed by atoms with E-state index >= 15 is 0 Å². The first-order chi connectivity index (χ1) is 15.2. The summed E-state index contributed by atoms with van der Waals surface area (Å²) >= 11 is 0.